The summed E-state index contributed by atoms with van der Waals surface area (Å²) in [5.74, 6) is 0.00158. The summed E-state index contributed by atoms with van der Waals surface area (Å²) in [5, 5.41) is 14.4. The van der Waals surface area contributed by atoms with Crippen LogP contribution < -0.4 is 5.56 Å². The molecule has 0 spiro atoms. The van der Waals surface area contributed by atoms with Crippen molar-refractivity contribution in [1.29, 1.82) is 0 Å². The van der Waals surface area contributed by atoms with Crippen LogP contribution in [-0.4, -0.2) is 50.0 Å². The van der Waals surface area contributed by atoms with Crippen molar-refractivity contribution in [3.05, 3.63) is 40.7 Å². The van der Waals surface area contributed by atoms with Crippen molar-refractivity contribution in [2.45, 2.75) is 0 Å². The highest BCUT2D eigenvalue weighted by Gasteiger charge is 2.16. The Kier molecular flexibility index (Phi) is 3.34. The number of aromatic nitrogens is 4. The Morgan fingerprint density at radius 2 is 2.05 bits per heavy atom. The second kappa shape index (κ2) is 5.32. The number of H-pyrrole nitrogens is 1. The number of hydrogen-bond donors (Lipinski definition) is 2. The molecule has 0 radical (unpaired) electrons. The van der Waals surface area contributed by atoms with Crippen LogP contribution in [0.25, 0.3) is 16.9 Å². The first kappa shape index (κ1) is 13.8. The fraction of sp³-hybridized carbons (Fsp3) is 0.143. The zero-order valence-electron chi connectivity index (χ0n) is 12.1. The molecule has 0 saturated heterocycles. The molecule has 2 N–H and O–H groups in total. The van der Waals surface area contributed by atoms with Gasteiger partial charge in [0.15, 0.2) is 0 Å². The smallest absolute Gasteiger partial charge is 0.272 e. The van der Waals surface area contributed by atoms with Gasteiger partial charge in [-0.25, -0.2) is 4.99 Å². The van der Waals surface area contributed by atoms with Gasteiger partial charge in [-0.1, -0.05) is 30.3 Å². The minimum absolute atomic E-state index is 0.132. The summed E-state index contributed by atoms with van der Waals surface area (Å²) in [6.07, 6.45) is 1.53. The van der Waals surface area contributed by atoms with E-state index in [1.54, 1.807) is 29.2 Å². The van der Waals surface area contributed by atoms with E-state index in [-0.39, 0.29) is 23.2 Å². The van der Waals surface area contributed by atoms with Crippen molar-refractivity contribution in [2.24, 2.45) is 4.99 Å². The number of benzene rings is 1. The van der Waals surface area contributed by atoms with Crippen LogP contribution in [-0.2, 0) is 0 Å². The second-order valence-electron chi connectivity index (χ2n) is 4.87. The molecule has 2 aromatic heterocycles. The molecule has 22 heavy (non-hydrogen) atoms. The van der Waals surface area contributed by atoms with Gasteiger partial charge in [-0.2, -0.15) is 9.50 Å². The molecule has 0 unspecified atom stereocenters. The van der Waals surface area contributed by atoms with Crippen molar-refractivity contribution >= 4 is 18.1 Å². The van der Waals surface area contributed by atoms with E-state index in [1.165, 1.54) is 6.34 Å². The lowest BCUT2D eigenvalue weighted by molar-refractivity contribution is 0.437. The summed E-state index contributed by atoms with van der Waals surface area (Å²) in [7, 11) is 3.62. The molecule has 3 rings (SSSR count). The quantitative estimate of drug-likeness (QED) is 0.555. The molecule has 0 bridgehead atoms. The lowest BCUT2D eigenvalue weighted by Gasteiger charge is -2.04. The summed E-state index contributed by atoms with van der Waals surface area (Å²) >= 11 is 0. The first-order valence-corrected chi connectivity index (χ1v) is 6.54. The lowest BCUT2D eigenvalue weighted by atomic mass is 10.1. The maximum absolute atomic E-state index is 12.2. The zero-order valence-corrected chi connectivity index (χ0v) is 12.1. The molecular weight excluding hydrogens is 284 g/mol. The van der Waals surface area contributed by atoms with Crippen LogP contribution in [0.4, 0.5) is 5.95 Å². The molecular formula is C14H14N6O2. The molecule has 1 aromatic carbocycles. The fourth-order valence-electron chi connectivity index (χ4n) is 1.99. The van der Waals surface area contributed by atoms with E-state index >= 15 is 0 Å². The van der Waals surface area contributed by atoms with Crippen molar-refractivity contribution in [1.82, 2.24) is 24.5 Å². The Bertz CT molecular complexity index is 895. The minimum Gasteiger partial charge on any atom is -0.493 e. The van der Waals surface area contributed by atoms with E-state index in [1.807, 2.05) is 20.2 Å². The summed E-state index contributed by atoms with van der Waals surface area (Å²) in [4.78, 5) is 24.6. The van der Waals surface area contributed by atoms with E-state index < -0.39 is 5.56 Å². The van der Waals surface area contributed by atoms with Gasteiger partial charge in [-0.05, 0) is 5.56 Å². The SMILES string of the molecule is CN(C)/C=N/c1nc2[nH]c(=O)c(-c3ccccc3)c(O)n2n1. The molecule has 8 heteroatoms. The van der Waals surface area contributed by atoms with Gasteiger partial charge < -0.3 is 10.0 Å². The molecule has 112 valence electrons. The topological polar surface area (TPSA) is 98.9 Å². The predicted octanol–water partition coefficient (Wildman–Crippen LogP) is 1.01. The Hall–Kier alpha value is -3.16. The van der Waals surface area contributed by atoms with Crippen LogP contribution >= 0.6 is 0 Å². The largest absolute Gasteiger partial charge is 0.493 e. The highest BCUT2D eigenvalue weighted by Crippen LogP contribution is 2.25. The summed E-state index contributed by atoms with van der Waals surface area (Å²) < 4.78 is 1.16. The summed E-state index contributed by atoms with van der Waals surface area (Å²) in [6.45, 7) is 0. The highest BCUT2D eigenvalue weighted by atomic mass is 16.3. The van der Waals surface area contributed by atoms with Crippen LogP contribution in [0.15, 0.2) is 40.1 Å². The number of aliphatic imine (C=N–C) groups is 1. The molecule has 8 nitrogen and oxygen atoms in total. The first-order valence-electron chi connectivity index (χ1n) is 6.54. The number of nitrogens with zero attached hydrogens (tertiary/aromatic N) is 5. The summed E-state index contributed by atoms with van der Waals surface area (Å²) in [5.41, 5.74) is 0.296. The van der Waals surface area contributed by atoms with Gasteiger partial charge in [0, 0.05) is 14.1 Å². The van der Waals surface area contributed by atoms with Crippen molar-refractivity contribution < 1.29 is 5.11 Å². The molecule has 0 aliphatic heterocycles. The third kappa shape index (κ3) is 2.41. The highest BCUT2D eigenvalue weighted by molar-refractivity contribution is 5.68. The predicted molar refractivity (Wildman–Crippen MR) is 82.5 cm³/mol. The summed E-state index contributed by atoms with van der Waals surface area (Å²) in [6, 6.07) is 8.87. The molecule has 3 aromatic rings. The van der Waals surface area contributed by atoms with Crippen molar-refractivity contribution in [2.75, 3.05) is 14.1 Å². The van der Waals surface area contributed by atoms with E-state index in [4.69, 9.17) is 0 Å². The van der Waals surface area contributed by atoms with E-state index in [9.17, 15) is 9.90 Å². The van der Waals surface area contributed by atoms with Gasteiger partial charge in [0.05, 0.1) is 6.34 Å². The Labute approximate surface area is 125 Å². The van der Waals surface area contributed by atoms with E-state index in [0.717, 1.165) is 4.52 Å². The maximum Gasteiger partial charge on any atom is 0.272 e. The normalized spacial score (nSPS) is 11.4. The maximum atomic E-state index is 12.2. The number of aromatic hydroxyl groups is 1. The van der Waals surface area contributed by atoms with E-state index in [0.29, 0.717) is 5.56 Å². The second-order valence-corrected chi connectivity index (χ2v) is 4.87. The Morgan fingerprint density at radius 1 is 1.32 bits per heavy atom. The Balaban J connectivity index is 2.19. The minimum atomic E-state index is -0.438. The first-order chi connectivity index (χ1) is 10.6. The average molecular weight is 298 g/mol. The monoisotopic (exact) mass is 298 g/mol. The van der Waals surface area contributed by atoms with Gasteiger partial charge in [0.25, 0.3) is 11.5 Å². The standard InChI is InChI=1S/C14H14N6O2/c1-19(2)8-15-13-17-14-16-11(21)10(12(22)20(14)18-13)9-6-4-3-5-7-9/h3-8,22H,1-2H3,(H,16,17,18,21)/b15-8+. The zero-order chi connectivity index (χ0) is 15.7. The third-order valence-electron chi connectivity index (χ3n) is 2.94. The van der Waals surface area contributed by atoms with Crippen LogP contribution in [0, 0.1) is 0 Å². The van der Waals surface area contributed by atoms with Crippen molar-refractivity contribution in [3.8, 4) is 17.0 Å². The number of rotatable bonds is 3. The molecule has 0 aliphatic carbocycles. The van der Waals surface area contributed by atoms with Crippen LogP contribution in [0.3, 0.4) is 0 Å². The number of fused-ring (bicyclic) bond motifs is 1. The number of aromatic amines is 1. The molecule has 0 atom stereocenters. The molecule has 2 heterocycles. The van der Waals surface area contributed by atoms with Gasteiger partial charge in [0.2, 0.25) is 11.7 Å². The Morgan fingerprint density at radius 3 is 2.73 bits per heavy atom. The van der Waals surface area contributed by atoms with Crippen LogP contribution in [0.1, 0.15) is 0 Å². The fourth-order valence-corrected chi connectivity index (χ4v) is 1.99. The number of nitrogens with one attached hydrogen (secondary N) is 1. The average Bonchev–Trinajstić information content (AvgIpc) is 2.89. The van der Waals surface area contributed by atoms with Gasteiger partial charge in [0.1, 0.15) is 5.56 Å². The third-order valence-corrected chi connectivity index (χ3v) is 2.94. The van der Waals surface area contributed by atoms with Crippen LogP contribution in [0.2, 0.25) is 0 Å². The van der Waals surface area contributed by atoms with Crippen LogP contribution in [0.5, 0.6) is 5.88 Å². The molecule has 0 aliphatic rings. The van der Waals surface area contributed by atoms with E-state index in [2.05, 4.69) is 20.1 Å². The van der Waals surface area contributed by atoms with Gasteiger partial charge in [-0.15, -0.1) is 5.10 Å². The lowest BCUT2D eigenvalue weighted by Crippen LogP contribution is -2.12. The van der Waals surface area contributed by atoms with Crippen molar-refractivity contribution in [3.63, 3.8) is 0 Å². The molecule has 0 fully saturated rings. The van der Waals surface area contributed by atoms with Gasteiger partial charge in [-0.3, -0.25) is 9.78 Å². The number of hydrogen-bond acceptors (Lipinski definition) is 5. The molecule has 0 amide bonds. The van der Waals surface area contributed by atoms with Gasteiger partial charge >= 0.3 is 0 Å². The molecule has 0 saturated carbocycles.